The van der Waals surface area contributed by atoms with Gasteiger partial charge >= 0.3 is 0 Å². The third kappa shape index (κ3) is 6.67. The molecule has 2 heterocycles. The van der Waals surface area contributed by atoms with Crippen molar-refractivity contribution in [2.45, 2.75) is 52.5 Å². The van der Waals surface area contributed by atoms with E-state index in [2.05, 4.69) is 53.1 Å². The fraction of sp³-hybridized carbons (Fsp3) is 0.480. The van der Waals surface area contributed by atoms with Crippen molar-refractivity contribution in [3.05, 3.63) is 56.6 Å². The smallest absolute Gasteiger partial charge is 0.280 e. The summed E-state index contributed by atoms with van der Waals surface area (Å²) in [5.74, 6) is 0.280. The van der Waals surface area contributed by atoms with Crippen molar-refractivity contribution in [2.24, 2.45) is 11.3 Å². The fourth-order valence-corrected chi connectivity index (χ4v) is 5.91. The molecule has 0 spiro atoms. The van der Waals surface area contributed by atoms with Gasteiger partial charge in [0.15, 0.2) is 5.01 Å². The van der Waals surface area contributed by atoms with E-state index in [4.69, 9.17) is 9.17 Å². The monoisotopic (exact) mass is 579 g/mol. The van der Waals surface area contributed by atoms with E-state index in [0.717, 1.165) is 51.6 Å². The van der Waals surface area contributed by atoms with Crippen LogP contribution in [0.4, 0.5) is 0 Å². The Balaban J connectivity index is 1.54. The Morgan fingerprint density at radius 1 is 1.26 bits per heavy atom. The quantitative estimate of drug-likeness (QED) is 0.374. The lowest BCUT2D eigenvalue weighted by molar-refractivity contribution is 0.0931. The van der Waals surface area contributed by atoms with Crippen LogP contribution in [-0.2, 0) is 27.1 Å². The van der Waals surface area contributed by atoms with Crippen molar-refractivity contribution >= 4 is 53.6 Å². The summed E-state index contributed by atoms with van der Waals surface area (Å²) in [6, 6.07) is 9.18. The normalized spacial score (nSPS) is 17.2. The standard InChI is InChI=1S/C25H30BrN3O4S2/c1-25(2,3)17-7-10-19-16(13-17)14-21-23(28-19)34-24(29-21)22(30)27-20(11-12-33-35(4,31)32)15-5-8-18(26)9-6-15/h5-6,8-9,14,17,20H,7,10-13H2,1-4H3,(H,27,30)/t17-,20+/m0/s1. The second kappa shape index (κ2) is 10.2. The number of carbonyl (C=O) groups excluding carboxylic acids is 1. The van der Waals surface area contributed by atoms with Gasteiger partial charge in [0.25, 0.3) is 16.0 Å². The Morgan fingerprint density at radius 3 is 2.63 bits per heavy atom. The summed E-state index contributed by atoms with van der Waals surface area (Å²) in [6.45, 7) is 6.80. The van der Waals surface area contributed by atoms with E-state index in [9.17, 15) is 13.2 Å². The summed E-state index contributed by atoms with van der Waals surface area (Å²) >= 11 is 4.70. The van der Waals surface area contributed by atoms with Crippen LogP contribution in [0.2, 0.25) is 0 Å². The number of aryl methyl sites for hydroxylation is 1. The second-order valence-corrected chi connectivity index (χ2v) is 13.7. The predicted octanol–water partition coefficient (Wildman–Crippen LogP) is 5.44. The van der Waals surface area contributed by atoms with Gasteiger partial charge in [0, 0.05) is 10.2 Å². The molecule has 10 heteroatoms. The van der Waals surface area contributed by atoms with Crippen LogP contribution >= 0.6 is 27.3 Å². The number of hydrogen-bond donors (Lipinski definition) is 1. The molecule has 0 unspecified atom stereocenters. The van der Waals surface area contributed by atoms with Crippen molar-refractivity contribution in [3.8, 4) is 0 Å². The highest BCUT2D eigenvalue weighted by Crippen LogP contribution is 2.38. The van der Waals surface area contributed by atoms with Crippen LogP contribution in [0.5, 0.6) is 0 Å². The molecule has 1 aliphatic rings. The zero-order valence-electron chi connectivity index (χ0n) is 20.3. The molecule has 2 aromatic heterocycles. The summed E-state index contributed by atoms with van der Waals surface area (Å²) in [4.78, 5) is 23.4. The molecular formula is C25H30BrN3O4S2. The molecule has 3 aromatic rings. The van der Waals surface area contributed by atoms with Crippen molar-refractivity contribution < 1.29 is 17.4 Å². The van der Waals surface area contributed by atoms with Crippen LogP contribution < -0.4 is 5.32 Å². The first-order valence-electron chi connectivity index (χ1n) is 11.6. The van der Waals surface area contributed by atoms with Gasteiger partial charge in [0.1, 0.15) is 10.3 Å². The Hall–Kier alpha value is -1.88. The maximum absolute atomic E-state index is 13.2. The van der Waals surface area contributed by atoms with Crippen LogP contribution in [0.25, 0.3) is 10.3 Å². The lowest BCUT2D eigenvalue weighted by atomic mass is 9.71. The number of halogens is 1. The molecule has 0 saturated heterocycles. The molecule has 1 aromatic carbocycles. The number of thiazole rings is 1. The molecule has 188 valence electrons. The third-order valence-corrected chi connectivity index (χ3v) is 8.54. The van der Waals surface area contributed by atoms with Crippen LogP contribution in [0.3, 0.4) is 0 Å². The zero-order valence-corrected chi connectivity index (χ0v) is 23.5. The summed E-state index contributed by atoms with van der Waals surface area (Å²) in [5.41, 5.74) is 4.17. The topological polar surface area (TPSA) is 98.2 Å². The van der Waals surface area contributed by atoms with Gasteiger partial charge in [-0.3, -0.25) is 8.98 Å². The largest absolute Gasteiger partial charge is 0.343 e. The van der Waals surface area contributed by atoms with Crippen LogP contribution in [0.1, 0.15) is 66.3 Å². The van der Waals surface area contributed by atoms with Crippen molar-refractivity contribution in [1.29, 1.82) is 0 Å². The van der Waals surface area contributed by atoms with Crippen LogP contribution in [0, 0.1) is 11.3 Å². The number of hydrogen-bond acceptors (Lipinski definition) is 7. The first-order valence-corrected chi connectivity index (χ1v) is 15.0. The number of pyridine rings is 1. The number of benzene rings is 1. The predicted molar refractivity (Wildman–Crippen MR) is 142 cm³/mol. The number of amides is 1. The molecule has 1 N–H and O–H groups in total. The van der Waals surface area contributed by atoms with Crippen molar-refractivity contribution in [2.75, 3.05) is 12.9 Å². The number of nitrogens with one attached hydrogen (secondary N) is 1. The minimum atomic E-state index is -3.57. The molecule has 0 saturated carbocycles. The molecule has 0 aliphatic heterocycles. The maximum atomic E-state index is 13.2. The number of aromatic nitrogens is 2. The summed E-state index contributed by atoms with van der Waals surface area (Å²) in [6.07, 6.45) is 4.35. The summed E-state index contributed by atoms with van der Waals surface area (Å²) in [5, 5.41) is 3.34. The molecule has 0 fully saturated rings. The van der Waals surface area contributed by atoms with E-state index < -0.39 is 16.2 Å². The van der Waals surface area contributed by atoms with Gasteiger partial charge in [-0.2, -0.15) is 8.42 Å². The van der Waals surface area contributed by atoms with Gasteiger partial charge in [-0.05, 0) is 66.3 Å². The number of fused-ring (bicyclic) bond motifs is 2. The van der Waals surface area contributed by atoms with Crippen molar-refractivity contribution in [3.63, 3.8) is 0 Å². The fourth-order valence-electron chi connectivity index (χ4n) is 4.40. The third-order valence-electron chi connectivity index (χ3n) is 6.45. The Kier molecular flexibility index (Phi) is 7.66. The molecule has 2 atom stereocenters. The minimum absolute atomic E-state index is 0.0388. The SMILES string of the molecule is CC(C)(C)[C@H]1CCc2nc3sc(C(=O)N[C@H](CCOS(C)(=O)=O)c4ccc(Br)cc4)nc3cc2C1. The summed E-state index contributed by atoms with van der Waals surface area (Å²) < 4.78 is 28.6. The maximum Gasteiger partial charge on any atom is 0.280 e. The first kappa shape index (κ1) is 26.2. The van der Waals surface area contributed by atoms with Crippen LogP contribution in [0.15, 0.2) is 34.8 Å². The van der Waals surface area contributed by atoms with E-state index in [0.29, 0.717) is 17.3 Å². The van der Waals surface area contributed by atoms with E-state index in [1.54, 1.807) is 0 Å². The highest BCUT2D eigenvalue weighted by molar-refractivity contribution is 9.10. The molecule has 4 rings (SSSR count). The lowest BCUT2D eigenvalue weighted by Crippen LogP contribution is -2.29. The zero-order chi connectivity index (χ0) is 25.4. The highest BCUT2D eigenvalue weighted by atomic mass is 79.9. The number of rotatable bonds is 7. The highest BCUT2D eigenvalue weighted by Gasteiger charge is 2.30. The molecule has 0 bridgehead atoms. The van der Waals surface area contributed by atoms with E-state index >= 15 is 0 Å². The van der Waals surface area contributed by atoms with E-state index in [1.165, 1.54) is 16.9 Å². The minimum Gasteiger partial charge on any atom is -0.343 e. The molecular weight excluding hydrogens is 550 g/mol. The molecule has 1 aliphatic carbocycles. The van der Waals surface area contributed by atoms with Gasteiger partial charge in [-0.15, -0.1) is 0 Å². The molecule has 7 nitrogen and oxygen atoms in total. The Labute approximate surface area is 219 Å². The van der Waals surface area contributed by atoms with E-state index in [-0.39, 0.29) is 17.9 Å². The Bertz CT molecular complexity index is 1330. The van der Waals surface area contributed by atoms with Crippen molar-refractivity contribution in [1.82, 2.24) is 15.3 Å². The van der Waals surface area contributed by atoms with Crippen LogP contribution in [-0.4, -0.2) is 37.2 Å². The summed E-state index contributed by atoms with van der Waals surface area (Å²) in [7, 11) is -3.57. The molecule has 0 radical (unpaired) electrons. The molecule has 35 heavy (non-hydrogen) atoms. The first-order chi connectivity index (χ1) is 16.4. The molecule has 1 amide bonds. The second-order valence-electron chi connectivity index (χ2n) is 10.1. The average molecular weight is 581 g/mol. The average Bonchev–Trinajstić information content (AvgIpc) is 3.18. The van der Waals surface area contributed by atoms with Gasteiger partial charge in [0.05, 0.1) is 18.9 Å². The Morgan fingerprint density at radius 2 is 1.97 bits per heavy atom. The van der Waals surface area contributed by atoms with Gasteiger partial charge in [0.2, 0.25) is 0 Å². The van der Waals surface area contributed by atoms with E-state index in [1.807, 2.05) is 24.3 Å². The number of nitrogens with zero attached hydrogens (tertiary/aromatic N) is 2. The van der Waals surface area contributed by atoms with Gasteiger partial charge < -0.3 is 5.32 Å². The lowest BCUT2D eigenvalue weighted by Gasteiger charge is -2.34. The van der Waals surface area contributed by atoms with Gasteiger partial charge in [-0.25, -0.2) is 9.97 Å². The van der Waals surface area contributed by atoms with Gasteiger partial charge in [-0.1, -0.05) is 60.2 Å². The number of carbonyl (C=O) groups is 1.